The van der Waals surface area contributed by atoms with Crippen molar-refractivity contribution in [3.63, 3.8) is 0 Å². The zero-order valence-corrected chi connectivity index (χ0v) is 73.2. The summed E-state index contributed by atoms with van der Waals surface area (Å²) in [6, 6.07) is 84.9. The van der Waals surface area contributed by atoms with Crippen LogP contribution in [0.25, 0.3) is 176 Å². The van der Waals surface area contributed by atoms with Crippen LogP contribution in [0.4, 0.5) is 0 Å². The molecule has 17 rings (SSSR count). The van der Waals surface area contributed by atoms with E-state index in [1.165, 1.54) is 44.5 Å². The van der Waals surface area contributed by atoms with E-state index in [4.69, 9.17) is 19.9 Å². The van der Waals surface area contributed by atoms with Gasteiger partial charge in [0.1, 0.15) is 0 Å². The number of rotatable bonds is 4. The van der Waals surface area contributed by atoms with Gasteiger partial charge in [-0.15, -0.1) is 22.1 Å². The van der Waals surface area contributed by atoms with E-state index in [2.05, 4.69) is 385 Å². The minimum Gasteiger partial charge on any atom is -0.656 e. The van der Waals surface area contributed by atoms with E-state index in [1.54, 1.807) is 0 Å². The molecule has 4 heterocycles. The summed E-state index contributed by atoms with van der Waals surface area (Å²) in [7, 11) is 0. The average Bonchev–Trinajstić information content (AvgIpc) is 1.55. The predicted molar refractivity (Wildman–Crippen MR) is 484 cm³/mol. The fraction of sp³-hybridized carbons (Fsp3) is 0.296. The zero-order valence-electron chi connectivity index (χ0n) is 70.9. The van der Waals surface area contributed by atoms with Crippen molar-refractivity contribution in [3.05, 3.63) is 263 Å². The third-order valence-electron chi connectivity index (χ3n) is 24.2. The molecule has 3 aliphatic rings. The Hall–Kier alpha value is -9.99. The number of hydrogen-bond acceptors (Lipinski definition) is 2. The van der Waals surface area contributed by atoms with Crippen LogP contribution in [-0.2, 0) is 64.4 Å². The first-order valence-corrected chi connectivity index (χ1v) is 40.6. The first kappa shape index (κ1) is 77.0. The van der Waals surface area contributed by atoms with Crippen LogP contribution in [0, 0.1) is 0 Å². The first-order valence-electron chi connectivity index (χ1n) is 40.6. The van der Waals surface area contributed by atoms with Gasteiger partial charge in [-0.3, -0.25) is 0 Å². The second-order valence-corrected chi connectivity index (χ2v) is 40.9. The van der Waals surface area contributed by atoms with Crippen molar-refractivity contribution in [2.45, 2.75) is 209 Å². The van der Waals surface area contributed by atoms with Crippen molar-refractivity contribution in [2.24, 2.45) is 0 Å². The van der Waals surface area contributed by atoms with Gasteiger partial charge in [0.2, 0.25) is 0 Å². The summed E-state index contributed by atoms with van der Waals surface area (Å²) >= 11 is 0. The zero-order chi connectivity index (χ0) is 79.4. The summed E-state index contributed by atoms with van der Waals surface area (Å²) in [5.74, 6) is 0. The Labute approximate surface area is 684 Å². The van der Waals surface area contributed by atoms with Crippen molar-refractivity contribution in [3.8, 4) is 89.5 Å². The molecule has 1 aliphatic carbocycles. The fourth-order valence-electron chi connectivity index (χ4n) is 17.1. The molecular formula is C108H108N4Pt. The molecular weight excluding hydrogens is 1550 g/mol. The van der Waals surface area contributed by atoms with Crippen LogP contribution in [0.1, 0.15) is 211 Å². The fourth-order valence-corrected chi connectivity index (χ4v) is 17.1. The molecule has 0 N–H and O–H groups in total. The molecule has 12 aromatic carbocycles. The molecule has 8 bridgehead atoms. The molecule has 0 saturated heterocycles. The largest absolute Gasteiger partial charge is 2.00 e. The normalized spacial score (nSPS) is 13.2. The van der Waals surface area contributed by atoms with Gasteiger partial charge in [0.05, 0.1) is 22.8 Å². The van der Waals surface area contributed by atoms with Crippen LogP contribution in [0.2, 0.25) is 0 Å². The predicted octanol–water partition coefficient (Wildman–Crippen LogP) is 30.2. The summed E-state index contributed by atoms with van der Waals surface area (Å²) < 4.78 is 0. The van der Waals surface area contributed by atoms with E-state index in [0.717, 1.165) is 176 Å². The molecule has 0 unspecified atom stereocenters. The molecule has 2 aromatic heterocycles. The van der Waals surface area contributed by atoms with Gasteiger partial charge in [-0.05, 0) is 246 Å². The summed E-state index contributed by atoms with van der Waals surface area (Å²) in [6.45, 7) is 56.6. The van der Waals surface area contributed by atoms with Crippen molar-refractivity contribution in [2.75, 3.05) is 0 Å². The standard InChI is InChI=1S/C108H108N4.Pt/c1-101(2,3)73-41-69(42-74(57-73)102(4,5)6)89-93-81-49-61-33-25-27-35-63(61)51-83(81)95(109-93)90(70-43-75(103(7,8)9)58-76(44-70)104(10,11)12)97-85-53-65-37-29-31-39-67(65)55-87(85)99(111-97)92(72-47-79(107(19,20)21)60-80(48-72)108(22,23)24)100-88-56-68-40-32-30-38-66(68)54-86(88)98(112-100)91(71-45-77(105(13,14)15)59-78(46-71)106(16,17)18)96-84-52-64-36-28-26-34-62(64)50-82(84)94(89)110-96;/h25-60H,1-24H3;/q-2;+2. The second-order valence-electron chi connectivity index (χ2n) is 40.9. The quantitative estimate of drug-likeness (QED) is 0.176. The van der Waals surface area contributed by atoms with Gasteiger partial charge < -0.3 is 9.97 Å². The molecule has 0 spiro atoms. The number of benzene rings is 12. The van der Waals surface area contributed by atoms with Crippen LogP contribution < -0.4 is 9.97 Å². The van der Waals surface area contributed by atoms with E-state index < -0.39 is 0 Å². The Morgan fingerprint density at radius 1 is 0.195 bits per heavy atom. The molecule has 113 heavy (non-hydrogen) atoms. The van der Waals surface area contributed by atoms with Gasteiger partial charge in [0, 0.05) is 22.3 Å². The third-order valence-corrected chi connectivity index (χ3v) is 24.2. The van der Waals surface area contributed by atoms with E-state index in [1.807, 2.05) is 0 Å². The summed E-state index contributed by atoms with van der Waals surface area (Å²) in [5, 5.41) is 13.3. The van der Waals surface area contributed by atoms with Crippen LogP contribution >= 0.6 is 0 Å². The van der Waals surface area contributed by atoms with Gasteiger partial charge in [0.25, 0.3) is 0 Å². The molecule has 0 radical (unpaired) electrons. The summed E-state index contributed by atoms with van der Waals surface area (Å²) in [6.07, 6.45) is 0. The minimum absolute atomic E-state index is 0. The van der Waals surface area contributed by atoms with Gasteiger partial charge >= 0.3 is 21.1 Å². The maximum absolute atomic E-state index is 6.65. The summed E-state index contributed by atoms with van der Waals surface area (Å²) in [4.78, 5) is 26.6. The Bertz CT molecular complexity index is 5760. The molecule has 5 heteroatoms. The van der Waals surface area contributed by atoms with Crippen LogP contribution in [-0.4, -0.2) is 9.97 Å². The van der Waals surface area contributed by atoms with Gasteiger partial charge in [-0.1, -0.05) is 336 Å². The van der Waals surface area contributed by atoms with Gasteiger partial charge in [-0.25, -0.2) is 9.97 Å². The molecule has 570 valence electrons. The maximum Gasteiger partial charge on any atom is 2.00 e. The summed E-state index contributed by atoms with van der Waals surface area (Å²) in [5.41, 5.74) is 27.3. The van der Waals surface area contributed by atoms with E-state index in [0.29, 0.717) is 0 Å². The second kappa shape index (κ2) is 26.5. The minimum atomic E-state index is -0.245. The van der Waals surface area contributed by atoms with Crippen molar-refractivity contribution in [1.82, 2.24) is 19.9 Å². The monoisotopic (exact) mass is 1660 g/mol. The van der Waals surface area contributed by atoms with Crippen molar-refractivity contribution < 1.29 is 21.1 Å². The van der Waals surface area contributed by atoms with E-state index in [9.17, 15) is 0 Å². The number of hydrogen-bond donors (Lipinski definition) is 0. The van der Waals surface area contributed by atoms with Crippen molar-refractivity contribution in [1.29, 1.82) is 0 Å². The number of aromatic nitrogens is 4. The SMILES string of the molecule is CC(C)(C)c1cc(-c2c3nc(c(-c4cc(C(C)(C)C)cc(C(C)(C)C)c4)c4[n-]c(c(-c5cc(C(C)(C)C)cc(C(C)(C)C)c5)c5nc(c(-c6cc(C(C)(C)C)cc(C(C)(C)C)c6)c6[n-]c2c2cc7ccccc7cc62)-c2cc6ccccc6cc2-5)c2cc5ccccc5cc42)-c2cc4ccccc4cc2-3)cc(C(C)(C)C)c1.[Pt+2]. The van der Waals surface area contributed by atoms with Crippen LogP contribution in [0.5, 0.6) is 0 Å². The molecule has 4 nitrogen and oxygen atoms in total. The number of fused-ring (bicyclic) bond motifs is 4. The maximum atomic E-state index is 6.65. The van der Waals surface area contributed by atoms with Gasteiger partial charge in [0.15, 0.2) is 0 Å². The van der Waals surface area contributed by atoms with Gasteiger partial charge in [-0.2, -0.15) is 0 Å². The van der Waals surface area contributed by atoms with E-state index in [-0.39, 0.29) is 64.4 Å². The molecule has 0 saturated carbocycles. The Kier molecular flexibility index (Phi) is 18.1. The molecule has 2 aliphatic heterocycles. The van der Waals surface area contributed by atoms with Crippen LogP contribution in [0.3, 0.4) is 0 Å². The Morgan fingerprint density at radius 2 is 0.345 bits per heavy atom. The smallest absolute Gasteiger partial charge is 0.656 e. The number of nitrogens with zero attached hydrogens (tertiary/aromatic N) is 4. The van der Waals surface area contributed by atoms with Crippen molar-refractivity contribution >= 4 is 86.7 Å². The Morgan fingerprint density at radius 3 is 0.496 bits per heavy atom. The van der Waals surface area contributed by atoms with Crippen LogP contribution in [0.15, 0.2) is 218 Å². The molecule has 0 fully saturated rings. The average molecular weight is 1660 g/mol. The Balaban J connectivity index is 0.00000964. The molecule has 0 amide bonds. The molecule has 0 atom stereocenters. The topological polar surface area (TPSA) is 54.0 Å². The third kappa shape index (κ3) is 13.6. The van der Waals surface area contributed by atoms with E-state index >= 15 is 0 Å². The molecule has 14 aromatic rings. The first-order chi connectivity index (χ1) is 52.5.